The van der Waals surface area contributed by atoms with Gasteiger partial charge in [-0.3, -0.25) is 9.69 Å². The number of benzene rings is 1. The molecule has 2 N–H and O–H groups in total. The van der Waals surface area contributed by atoms with Crippen LogP contribution >= 0.6 is 0 Å². The summed E-state index contributed by atoms with van der Waals surface area (Å²) in [5.74, 6) is 0.775. The number of hydrogen-bond donors (Lipinski definition) is 2. The summed E-state index contributed by atoms with van der Waals surface area (Å²) < 4.78 is 10.5. The van der Waals surface area contributed by atoms with E-state index < -0.39 is 0 Å². The number of likely N-dealkylation sites (N-methyl/N-ethyl adjacent to an activating group) is 1. The zero-order valence-corrected chi connectivity index (χ0v) is 15.8. The molecule has 3 aromatic rings. The number of fused-ring (bicyclic) bond motifs is 1. The van der Waals surface area contributed by atoms with E-state index in [2.05, 4.69) is 20.2 Å². The van der Waals surface area contributed by atoms with Crippen molar-refractivity contribution in [2.24, 2.45) is 0 Å². The fraction of sp³-hybridized carbons (Fsp3) is 0.300. The molecule has 0 bridgehead atoms. The van der Waals surface area contributed by atoms with Gasteiger partial charge in [0.15, 0.2) is 0 Å². The van der Waals surface area contributed by atoms with E-state index in [-0.39, 0.29) is 5.91 Å². The summed E-state index contributed by atoms with van der Waals surface area (Å²) in [5.41, 5.74) is 2.42. The van der Waals surface area contributed by atoms with Crippen LogP contribution in [0.25, 0.3) is 10.9 Å². The van der Waals surface area contributed by atoms with Crippen LogP contribution in [0.1, 0.15) is 15.9 Å². The molecule has 0 atom stereocenters. The van der Waals surface area contributed by atoms with E-state index >= 15 is 0 Å². The Balaban J connectivity index is 1.79. The first-order valence-electron chi connectivity index (χ1n) is 8.70. The van der Waals surface area contributed by atoms with Gasteiger partial charge in [-0.15, -0.1) is 0 Å². The minimum atomic E-state index is -0.255. The average Bonchev–Trinajstić information content (AvgIpc) is 3.14. The second-order valence-electron chi connectivity index (χ2n) is 6.32. The molecule has 0 spiro atoms. The smallest absolute Gasteiger partial charge is 0.261 e. The first-order valence-corrected chi connectivity index (χ1v) is 8.70. The fourth-order valence-electron chi connectivity index (χ4n) is 2.98. The van der Waals surface area contributed by atoms with E-state index in [9.17, 15) is 4.79 Å². The van der Waals surface area contributed by atoms with E-state index in [1.165, 1.54) is 0 Å². The predicted octanol–water partition coefficient (Wildman–Crippen LogP) is 2.90. The lowest BCUT2D eigenvalue weighted by Crippen LogP contribution is -2.22. The molecular weight excluding hydrogens is 344 g/mol. The van der Waals surface area contributed by atoms with Crippen LogP contribution in [-0.4, -0.2) is 55.2 Å². The number of H-pyrrole nitrogens is 1. The number of pyridine rings is 1. The minimum Gasteiger partial charge on any atom is -0.496 e. The zero-order valence-electron chi connectivity index (χ0n) is 15.8. The summed E-state index contributed by atoms with van der Waals surface area (Å²) in [6.07, 6.45) is 3.50. The van der Waals surface area contributed by atoms with Crippen LogP contribution in [0.3, 0.4) is 0 Å². The Hall–Kier alpha value is -2.90. The van der Waals surface area contributed by atoms with Crippen molar-refractivity contribution in [3.05, 3.63) is 53.9 Å². The number of carbonyl (C=O) groups excluding carboxylic acids is 1. The lowest BCUT2D eigenvalue weighted by atomic mass is 10.1. The number of methoxy groups -OCH3 is 2. The van der Waals surface area contributed by atoms with Gasteiger partial charge in [0.2, 0.25) is 0 Å². The maximum absolute atomic E-state index is 12.9. The van der Waals surface area contributed by atoms with Gasteiger partial charge < -0.3 is 19.8 Å². The number of nitrogens with one attached hydrogen (secondary N) is 2. The molecule has 2 aromatic heterocycles. The number of hydrogen-bond acceptors (Lipinski definition) is 5. The van der Waals surface area contributed by atoms with Crippen molar-refractivity contribution in [2.75, 3.05) is 39.7 Å². The number of anilines is 1. The number of amides is 1. The van der Waals surface area contributed by atoms with Gasteiger partial charge in [0.1, 0.15) is 11.6 Å². The molecular formula is C20H24N4O3. The van der Waals surface area contributed by atoms with Gasteiger partial charge in [-0.2, -0.15) is 0 Å². The third-order valence-corrected chi connectivity index (χ3v) is 4.34. The van der Waals surface area contributed by atoms with Crippen molar-refractivity contribution in [3.8, 4) is 5.75 Å². The highest BCUT2D eigenvalue weighted by Gasteiger charge is 2.17. The number of ether oxygens (including phenoxy) is 2. The standard InChI is InChI=1S/C20H24N4O3/c1-24(10-11-26-2)13-14-6-8-22-18(12-14)23-20(25)19-15-7-9-21-16(15)4-5-17(19)27-3/h4-9,12,21H,10-11,13H2,1-3H3,(H,22,23,25). The van der Waals surface area contributed by atoms with Crippen LogP contribution in [0.5, 0.6) is 5.75 Å². The van der Waals surface area contributed by atoms with Gasteiger partial charge in [0.05, 0.1) is 19.3 Å². The molecule has 0 fully saturated rings. The van der Waals surface area contributed by atoms with Gasteiger partial charge >= 0.3 is 0 Å². The van der Waals surface area contributed by atoms with E-state index in [1.54, 1.807) is 32.7 Å². The number of nitrogens with zero attached hydrogens (tertiary/aromatic N) is 2. The molecule has 0 saturated heterocycles. The summed E-state index contributed by atoms with van der Waals surface area (Å²) in [6, 6.07) is 9.35. The van der Waals surface area contributed by atoms with Crippen molar-refractivity contribution in [2.45, 2.75) is 6.54 Å². The molecule has 2 heterocycles. The largest absolute Gasteiger partial charge is 0.496 e. The molecule has 1 amide bonds. The first-order chi connectivity index (χ1) is 13.1. The monoisotopic (exact) mass is 368 g/mol. The summed E-state index contributed by atoms with van der Waals surface area (Å²) in [6.45, 7) is 2.24. The molecule has 0 saturated carbocycles. The fourth-order valence-corrected chi connectivity index (χ4v) is 2.98. The van der Waals surface area contributed by atoms with E-state index in [1.807, 2.05) is 31.3 Å². The van der Waals surface area contributed by atoms with Crippen LogP contribution in [0.4, 0.5) is 5.82 Å². The third kappa shape index (κ3) is 4.45. The average molecular weight is 368 g/mol. The van der Waals surface area contributed by atoms with Crippen molar-refractivity contribution in [1.29, 1.82) is 0 Å². The number of rotatable bonds is 8. The first kappa shape index (κ1) is 18.9. The highest BCUT2D eigenvalue weighted by molar-refractivity contribution is 6.14. The predicted molar refractivity (Wildman–Crippen MR) is 105 cm³/mol. The molecule has 0 aliphatic heterocycles. The van der Waals surface area contributed by atoms with Crippen LogP contribution in [0.15, 0.2) is 42.7 Å². The van der Waals surface area contributed by atoms with Crippen molar-refractivity contribution < 1.29 is 14.3 Å². The zero-order chi connectivity index (χ0) is 19.2. The topological polar surface area (TPSA) is 79.5 Å². The van der Waals surface area contributed by atoms with Gasteiger partial charge in [-0.1, -0.05) is 0 Å². The van der Waals surface area contributed by atoms with Crippen LogP contribution < -0.4 is 10.1 Å². The molecule has 3 rings (SSSR count). The SMILES string of the molecule is COCCN(C)Cc1ccnc(NC(=O)c2c(OC)ccc3[nH]ccc23)c1. The van der Waals surface area contributed by atoms with E-state index in [0.717, 1.165) is 29.6 Å². The normalized spacial score (nSPS) is 11.1. The Bertz CT molecular complexity index is 922. The van der Waals surface area contributed by atoms with Crippen molar-refractivity contribution in [3.63, 3.8) is 0 Å². The summed E-state index contributed by atoms with van der Waals surface area (Å²) >= 11 is 0. The summed E-state index contributed by atoms with van der Waals surface area (Å²) in [4.78, 5) is 22.4. The van der Waals surface area contributed by atoms with Crippen molar-refractivity contribution in [1.82, 2.24) is 14.9 Å². The summed E-state index contributed by atoms with van der Waals surface area (Å²) in [5, 5.41) is 3.69. The van der Waals surface area contributed by atoms with Crippen LogP contribution in [0, 0.1) is 0 Å². The second-order valence-corrected chi connectivity index (χ2v) is 6.32. The molecule has 27 heavy (non-hydrogen) atoms. The van der Waals surface area contributed by atoms with Gasteiger partial charge in [-0.25, -0.2) is 4.98 Å². The molecule has 0 unspecified atom stereocenters. The van der Waals surface area contributed by atoms with Gasteiger partial charge in [0.25, 0.3) is 5.91 Å². The Morgan fingerprint density at radius 3 is 2.89 bits per heavy atom. The Morgan fingerprint density at radius 2 is 2.11 bits per heavy atom. The molecule has 0 aliphatic carbocycles. The van der Waals surface area contributed by atoms with Gasteiger partial charge in [-0.05, 0) is 42.9 Å². The minimum absolute atomic E-state index is 0.255. The highest BCUT2D eigenvalue weighted by Crippen LogP contribution is 2.28. The number of aromatic amines is 1. The van der Waals surface area contributed by atoms with Crippen molar-refractivity contribution >= 4 is 22.6 Å². The second kappa shape index (κ2) is 8.66. The van der Waals surface area contributed by atoms with Gasteiger partial charge in [0, 0.05) is 43.5 Å². The van der Waals surface area contributed by atoms with E-state index in [4.69, 9.17) is 9.47 Å². The maximum atomic E-state index is 12.9. The van der Waals surface area contributed by atoms with Crippen LogP contribution in [0.2, 0.25) is 0 Å². The quantitative estimate of drug-likeness (QED) is 0.639. The maximum Gasteiger partial charge on any atom is 0.261 e. The van der Waals surface area contributed by atoms with E-state index in [0.29, 0.717) is 23.7 Å². The summed E-state index contributed by atoms with van der Waals surface area (Å²) in [7, 11) is 5.27. The molecule has 7 heteroatoms. The molecule has 0 radical (unpaired) electrons. The number of carbonyl (C=O) groups is 1. The lowest BCUT2D eigenvalue weighted by molar-refractivity contribution is 0.102. The Kier molecular flexibility index (Phi) is 6.05. The lowest BCUT2D eigenvalue weighted by Gasteiger charge is -2.16. The Morgan fingerprint density at radius 1 is 1.26 bits per heavy atom. The Labute approximate surface area is 158 Å². The molecule has 1 aromatic carbocycles. The molecule has 7 nitrogen and oxygen atoms in total. The van der Waals surface area contributed by atoms with Crippen LogP contribution in [-0.2, 0) is 11.3 Å². The molecule has 0 aliphatic rings. The molecule has 142 valence electrons. The third-order valence-electron chi connectivity index (χ3n) is 4.34. The number of aromatic nitrogens is 2. The highest BCUT2D eigenvalue weighted by atomic mass is 16.5.